The summed E-state index contributed by atoms with van der Waals surface area (Å²) in [5.74, 6) is 2.52. The molecular formula is C29H26Cl2O2. The minimum Gasteiger partial charge on any atom is -0.492 e. The van der Waals surface area contributed by atoms with Gasteiger partial charge in [0.05, 0.1) is 17.2 Å². The molecule has 0 atom stereocenters. The number of hydrogen-bond acceptors (Lipinski definition) is 2. The summed E-state index contributed by atoms with van der Waals surface area (Å²) in [6, 6.07) is 37.8. The van der Waals surface area contributed by atoms with Gasteiger partial charge in [0, 0.05) is 0 Å². The van der Waals surface area contributed by atoms with Crippen molar-refractivity contribution in [1.82, 2.24) is 0 Å². The average Bonchev–Trinajstić information content (AvgIpc) is 2.89. The molecule has 0 N–H and O–H groups in total. The van der Waals surface area contributed by atoms with E-state index in [9.17, 15) is 0 Å². The summed E-state index contributed by atoms with van der Waals surface area (Å²) in [4.78, 5) is 0. The summed E-state index contributed by atoms with van der Waals surface area (Å²) in [5, 5.41) is 0. The second-order valence-corrected chi connectivity index (χ2v) is 8.36. The van der Waals surface area contributed by atoms with Crippen molar-refractivity contribution in [3.05, 3.63) is 131 Å². The van der Waals surface area contributed by atoms with E-state index in [1.54, 1.807) is 0 Å². The van der Waals surface area contributed by atoms with Gasteiger partial charge in [-0.15, -0.1) is 23.2 Å². The second kappa shape index (κ2) is 11.3. The van der Waals surface area contributed by atoms with Gasteiger partial charge in [-0.25, -0.2) is 0 Å². The highest BCUT2D eigenvalue weighted by Gasteiger charge is 2.38. The number of alkyl halides is 2. The minimum atomic E-state index is -0.515. The van der Waals surface area contributed by atoms with Gasteiger partial charge in [-0.2, -0.15) is 0 Å². The van der Waals surface area contributed by atoms with E-state index >= 15 is 0 Å². The molecule has 0 spiro atoms. The maximum Gasteiger partial charge on any atom is 0.119 e. The Labute approximate surface area is 205 Å². The molecule has 0 saturated carbocycles. The van der Waals surface area contributed by atoms with Crippen LogP contribution in [0.3, 0.4) is 0 Å². The van der Waals surface area contributed by atoms with Crippen LogP contribution in [-0.2, 0) is 5.41 Å². The van der Waals surface area contributed by atoms with Crippen LogP contribution in [0.1, 0.15) is 22.3 Å². The van der Waals surface area contributed by atoms with Crippen molar-refractivity contribution >= 4 is 23.2 Å². The van der Waals surface area contributed by atoms with Crippen molar-refractivity contribution in [3.63, 3.8) is 0 Å². The second-order valence-electron chi connectivity index (χ2n) is 7.61. The summed E-state index contributed by atoms with van der Waals surface area (Å²) in [5.41, 5.74) is 4.14. The SMILES string of the molecule is ClCCOc1ccc(C(c2ccccc2)(c2ccccc2)c2ccc(OCCCl)cc2)cc1. The lowest BCUT2D eigenvalue weighted by atomic mass is 9.65. The van der Waals surface area contributed by atoms with Gasteiger partial charge in [-0.05, 0) is 46.5 Å². The monoisotopic (exact) mass is 476 g/mol. The Kier molecular flexibility index (Phi) is 7.93. The third-order valence-electron chi connectivity index (χ3n) is 5.68. The minimum absolute atomic E-state index is 0.456. The van der Waals surface area contributed by atoms with E-state index in [4.69, 9.17) is 32.7 Å². The van der Waals surface area contributed by atoms with Gasteiger partial charge in [-0.3, -0.25) is 0 Å². The number of benzene rings is 4. The van der Waals surface area contributed by atoms with Crippen molar-refractivity contribution in [1.29, 1.82) is 0 Å². The molecule has 4 heteroatoms. The Morgan fingerprint density at radius 3 is 1.12 bits per heavy atom. The zero-order valence-electron chi connectivity index (χ0n) is 18.3. The van der Waals surface area contributed by atoms with E-state index in [1.807, 2.05) is 36.4 Å². The van der Waals surface area contributed by atoms with Gasteiger partial charge in [0.2, 0.25) is 0 Å². The van der Waals surface area contributed by atoms with Crippen LogP contribution < -0.4 is 9.47 Å². The Morgan fingerprint density at radius 2 is 0.788 bits per heavy atom. The first-order chi connectivity index (χ1) is 16.3. The van der Waals surface area contributed by atoms with E-state index in [0.29, 0.717) is 25.0 Å². The van der Waals surface area contributed by atoms with Crippen molar-refractivity contribution in [2.45, 2.75) is 5.41 Å². The number of rotatable bonds is 10. The topological polar surface area (TPSA) is 18.5 Å². The first-order valence-corrected chi connectivity index (χ1v) is 12.1. The van der Waals surface area contributed by atoms with Crippen LogP contribution in [0.2, 0.25) is 0 Å². The summed E-state index contributed by atoms with van der Waals surface area (Å²) in [7, 11) is 0. The van der Waals surface area contributed by atoms with Crippen LogP contribution in [0.4, 0.5) is 0 Å². The third-order valence-corrected chi connectivity index (χ3v) is 5.99. The predicted octanol–water partition coefficient (Wildman–Crippen LogP) is 7.30. The molecular weight excluding hydrogens is 451 g/mol. The Bertz CT molecular complexity index is 1020. The van der Waals surface area contributed by atoms with Crippen LogP contribution in [0.25, 0.3) is 0 Å². The van der Waals surface area contributed by atoms with Crippen molar-refractivity contribution in [2.75, 3.05) is 25.0 Å². The van der Waals surface area contributed by atoms with Crippen LogP contribution >= 0.6 is 23.2 Å². The number of hydrogen-bond donors (Lipinski definition) is 0. The molecule has 0 aliphatic carbocycles. The molecule has 0 radical (unpaired) electrons. The molecule has 0 aliphatic rings. The fourth-order valence-electron chi connectivity index (χ4n) is 4.29. The van der Waals surface area contributed by atoms with Gasteiger partial charge in [0.25, 0.3) is 0 Å². The largest absolute Gasteiger partial charge is 0.492 e. The smallest absolute Gasteiger partial charge is 0.119 e. The molecule has 0 unspecified atom stereocenters. The summed E-state index contributed by atoms with van der Waals surface area (Å²) >= 11 is 11.6. The van der Waals surface area contributed by atoms with Gasteiger partial charge < -0.3 is 9.47 Å². The molecule has 4 rings (SSSR count). The fraction of sp³-hybridized carbons (Fsp3) is 0.172. The Balaban J connectivity index is 1.92. The van der Waals surface area contributed by atoms with Crippen LogP contribution in [0.15, 0.2) is 109 Å². The van der Waals surface area contributed by atoms with Crippen molar-refractivity contribution in [2.24, 2.45) is 0 Å². The summed E-state index contributed by atoms with van der Waals surface area (Å²) < 4.78 is 11.5. The van der Waals surface area contributed by atoms with Gasteiger partial charge in [-0.1, -0.05) is 84.9 Å². The molecule has 4 aromatic carbocycles. The fourth-order valence-corrected chi connectivity index (χ4v) is 4.45. The quantitative estimate of drug-likeness (QED) is 0.176. The third kappa shape index (κ3) is 5.03. The highest BCUT2D eigenvalue weighted by Crippen LogP contribution is 2.45. The van der Waals surface area contributed by atoms with E-state index in [-0.39, 0.29) is 0 Å². The molecule has 33 heavy (non-hydrogen) atoms. The standard InChI is InChI=1S/C29H26Cl2O2/c30-19-21-32-27-15-11-25(12-16-27)29(23-7-3-1-4-8-23,24-9-5-2-6-10-24)26-13-17-28(18-14-26)33-22-20-31/h1-18H,19-22H2. The van der Waals surface area contributed by atoms with Crippen LogP contribution in [0.5, 0.6) is 11.5 Å². The Morgan fingerprint density at radius 1 is 0.455 bits per heavy atom. The molecule has 0 saturated heterocycles. The van der Waals surface area contributed by atoms with Crippen molar-refractivity contribution in [3.8, 4) is 11.5 Å². The highest BCUT2D eigenvalue weighted by molar-refractivity contribution is 6.18. The summed E-state index contributed by atoms with van der Waals surface area (Å²) in [6.45, 7) is 0.959. The molecule has 0 aromatic heterocycles. The maximum atomic E-state index is 5.80. The first kappa shape index (κ1) is 23.2. The molecule has 0 aliphatic heterocycles. The number of ether oxygens (including phenoxy) is 2. The highest BCUT2D eigenvalue weighted by atomic mass is 35.5. The molecule has 4 aromatic rings. The van der Waals surface area contributed by atoms with E-state index < -0.39 is 5.41 Å². The lowest BCUT2D eigenvalue weighted by Gasteiger charge is -2.37. The van der Waals surface area contributed by atoms with E-state index in [0.717, 1.165) is 22.6 Å². The van der Waals surface area contributed by atoms with Gasteiger partial charge in [0.1, 0.15) is 24.7 Å². The first-order valence-electron chi connectivity index (χ1n) is 11.0. The predicted molar refractivity (Wildman–Crippen MR) is 137 cm³/mol. The molecule has 168 valence electrons. The molecule has 0 heterocycles. The zero-order valence-corrected chi connectivity index (χ0v) is 19.8. The van der Waals surface area contributed by atoms with Crippen LogP contribution in [-0.4, -0.2) is 25.0 Å². The Hall–Kier alpha value is -2.94. The van der Waals surface area contributed by atoms with Crippen molar-refractivity contribution < 1.29 is 9.47 Å². The maximum absolute atomic E-state index is 5.80. The van der Waals surface area contributed by atoms with E-state index in [2.05, 4.69) is 72.8 Å². The molecule has 0 bridgehead atoms. The van der Waals surface area contributed by atoms with E-state index in [1.165, 1.54) is 11.1 Å². The zero-order chi connectivity index (χ0) is 22.9. The lowest BCUT2D eigenvalue weighted by molar-refractivity contribution is 0.342. The summed E-state index contributed by atoms with van der Waals surface area (Å²) in [6.07, 6.45) is 0. The van der Waals surface area contributed by atoms with Gasteiger partial charge in [0.15, 0.2) is 0 Å². The number of halogens is 2. The lowest BCUT2D eigenvalue weighted by Crippen LogP contribution is -2.31. The molecule has 0 fully saturated rings. The van der Waals surface area contributed by atoms with Crippen LogP contribution in [0, 0.1) is 0 Å². The molecule has 2 nitrogen and oxygen atoms in total. The van der Waals surface area contributed by atoms with Gasteiger partial charge >= 0.3 is 0 Å². The normalized spacial score (nSPS) is 11.2. The average molecular weight is 477 g/mol. The molecule has 0 amide bonds.